The topological polar surface area (TPSA) is 83.3 Å². The Balaban J connectivity index is 1.72. The van der Waals surface area contributed by atoms with E-state index in [1.807, 2.05) is 19.1 Å². The predicted molar refractivity (Wildman–Crippen MR) is 137 cm³/mol. The lowest BCUT2D eigenvalue weighted by Gasteiger charge is -2.12. The molecule has 0 heterocycles. The first-order valence-corrected chi connectivity index (χ1v) is 11.4. The van der Waals surface area contributed by atoms with Gasteiger partial charge < -0.3 is 15.2 Å². The lowest BCUT2D eigenvalue weighted by atomic mass is 10.0. The fraction of sp³-hybridized carbons (Fsp3) is 0.0800. The molecule has 0 saturated heterocycles. The number of nitrogens with zero attached hydrogens (tertiary/aromatic N) is 2. The Morgan fingerprint density at radius 2 is 1.65 bits per heavy atom. The summed E-state index contributed by atoms with van der Waals surface area (Å²) in [6, 6.07) is 18.7. The lowest BCUT2D eigenvalue weighted by Crippen LogP contribution is -2.12. The highest BCUT2D eigenvalue weighted by Gasteiger charge is 2.19. The molecule has 0 atom stereocenters. The van der Waals surface area contributed by atoms with E-state index in [1.165, 1.54) is 12.1 Å². The average Bonchev–Trinajstić information content (AvgIpc) is 2.82. The van der Waals surface area contributed by atoms with Gasteiger partial charge in [0.15, 0.2) is 5.75 Å². The zero-order valence-electron chi connectivity index (χ0n) is 17.8. The molecule has 172 valence electrons. The molecule has 9 heteroatoms. The predicted octanol–water partition coefficient (Wildman–Crippen LogP) is 8.57. The third-order valence-corrected chi connectivity index (χ3v) is 5.94. The molecule has 0 saturated carbocycles. The Hall–Kier alpha value is -3.32. The first kappa shape index (κ1) is 23.8. The summed E-state index contributed by atoms with van der Waals surface area (Å²) < 4.78 is 5.42. The summed E-state index contributed by atoms with van der Waals surface area (Å²) in [4.78, 5) is 13.0. The van der Waals surface area contributed by atoms with Gasteiger partial charge in [-0.2, -0.15) is 0 Å². The fourth-order valence-electron chi connectivity index (χ4n) is 3.28. The average molecular weight is 515 g/mol. The van der Waals surface area contributed by atoms with Gasteiger partial charge in [0.05, 0.1) is 27.2 Å². The van der Waals surface area contributed by atoms with Gasteiger partial charge in [0.1, 0.15) is 17.1 Å². The van der Waals surface area contributed by atoms with E-state index in [0.717, 1.165) is 0 Å². The molecular weight excluding hydrogens is 497 g/mol. The number of rotatable bonds is 6. The summed E-state index contributed by atoms with van der Waals surface area (Å²) in [5, 5.41) is 24.2. The third kappa shape index (κ3) is 5.09. The summed E-state index contributed by atoms with van der Waals surface area (Å²) in [5.74, 6) is -0.129. The summed E-state index contributed by atoms with van der Waals surface area (Å²) in [6.07, 6.45) is 0. The summed E-state index contributed by atoms with van der Waals surface area (Å²) in [5.41, 5.74) is 0.981. The van der Waals surface area contributed by atoms with Crippen LogP contribution in [0.4, 0.5) is 17.1 Å². The SMILES string of the molecule is CCOc1ccc(NC(=O)c2cc3ccccc3c(/N=N/c3cc(Cl)c(Cl)cc3Cl)c2O)cc1. The van der Waals surface area contributed by atoms with Crippen LogP contribution in [0.2, 0.25) is 15.1 Å². The molecule has 0 radical (unpaired) electrons. The van der Waals surface area contributed by atoms with Crippen molar-refractivity contribution < 1.29 is 14.6 Å². The van der Waals surface area contributed by atoms with Gasteiger partial charge in [-0.25, -0.2) is 0 Å². The number of halogens is 3. The van der Waals surface area contributed by atoms with Crippen molar-refractivity contribution in [2.45, 2.75) is 6.92 Å². The number of phenols is 1. The van der Waals surface area contributed by atoms with E-state index >= 15 is 0 Å². The fourth-order valence-corrected chi connectivity index (χ4v) is 3.86. The van der Waals surface area contributed by atoms with Crippen LogP contribution < -0.4 is 10.1 Å². The maximum Gasteiger partial charge on any atom is 0.259 e. The van der Waals surface area contributed by atoms with Crippen LogP contribution in [0.1, 0.15) is 17.3 Å². The zero-order valence-corrected chi connectivity index (χ0v) is 20.1. The van der Waals surface area contributed by atoms with Gasteiger partial charge in [0.2, 0.25) is 0 Å². The molecule has 4 aromatic rings. The molecule has 0 aliphatic carbocycles. The minimum absolute atomic E-state index is 0.0433. The molecule has 0 bridgehead atoms. The first-order chi connectivity index (χ1) is 16.4. The van der Waals surface area contributed by atoms with Crippen molar-refractivity contribution in [3.05, 3.63) is 87.4 Å². The van der Waals surface area contributed by atoms with Crippen LogP contribution in [0.15, 0.2) is 77.0 Å². The van der Waals surface area contributed by atoms with Crippen molar-refractivity contribution in [1.29, 1.82) is 0 Å². The maximum absolute atomic E-state index is 13.0. The third-order valence-electron chi connectivity index (χ3n) is 4.91. The Morgan fingerprint density at radius 3 is 2.38 bits per heavy atom. The second kappa shape index (κ2) is 10.3. The Bertz CT molecular complexity index is 1410. The van der Waals surface area contributed by atoms with E-state index in [-0.39, 0.29) is 37.8 Å². The highest BCUT2D eigenvalue weighted by atomic mass is 35.5. The number of carbonyl (C=O) groups is 1. The van der Waals surface area contributed by atoms with E-state index < -0.39 is 5.91 Å². The van der Waals surface area contributed by atoms with Crippen molar-refractivity contribution >= 4 is 68.5 Å². The van der Waals surface area contributed by atoms with Crippen LogP contribution in [0.25, 0.3) is 10.8 Å². The van der Waals surface area contributed by atoms with Crippen LogP contribution in [0.5, 0.6) is 11.5 Å². The zero-order chi connectivity index (χ0) is 24.2. The summed E-state index contributed by atoms with van der Waals surface area (Å²) >= 11 is 18.2. The molecule has 0 unspecified atom stereocenters. The van der Waals surface area contributed by atoms with Crippen LogP contribution in [0, 0.1) is 0 Å². The number of hydrogen-bond acceptors (Lipinski definition) is 5. The molecule has 4 rings (SSSR count). The molecular formula is C25H18Cl3N3O3. The Labute approximate surface area is 210 Å². The van der Waals surface area contributed by atoms with Gasteiger partial charge in [-0.15, -0.1) is 10.2 Å². The highest BCUT2D eigenvalue weighted by molar-refractivity contribution is 6.43. The molecule has 1 amide bonds. The number of aromatic hydroxyl groups is 1. The van der Waals surface area contributed by atoms with Gasteiger partial charge in [-0.1, -0.05) is 59.1 Å². The molecule has 0 aromatic heterocycles. The molecule has 0 spiro atoms. The van der Waals surface area contributed by atoms with Gasteiger partial charge in [-0.3, -0.25) is 4.79 Å². The van der Waals surface area contributed by atoms with Crippen LogP contribution in [-0.2, 0) is 0 Å². The first-order valence-electron chi connectivity index (χ1n) is 10.2. The summed E-state index contributed by atoms with van der Waals surface area (Å²) in [6.45, 7) is 2.43. The van der Waals surface area contributed by atoms with Gasteiger partial charge in [0.25, 0.3) is 5.91 Å². The minimum Gasteiger partial charge on any atom is -0.505 e. The number of phenolic OH excluding ortho intramolecular Hbond substituents is 1. The quantitative estimate of drug-likeness (QED) is 0.200. The standard InChI is InChI=1S/C25H18Cl3N3O3/c1-2-34-16-9-7-15(8-10-16)29-25(33)18-11-14-5-3-4-6-17(14)23(24(18)32)31-30-22-13-20(27)19(26)12-21(22)28/h3-13,32H,2H2,1H3,(H,29,33)/b31-30+. The molecule has 0 fully saturated rings. The number of hydrogen-bond donors (Lipinski definition) is 2. The van der Waals surface area contributed by atoms with Crippen LogP contribution in [-0.4, -0.2) is 17.6 Å². The second-order valence-electron chi connectivity index (χ2n) is 7.17. The number of ether oxygens (including phenoxy) is 1. The van der Waals surface area contributed by atoms with Gasteiger partial charge in [0, 0.05) is 11.1 Å². The van der Waals surface area contributed by atoms with Crippen molar-refractivity contribution in [3.63, 3.8) is 0 Å². The van der Waals surface area contributed by atoms with E-state index in [1.54, 1.807) is 42.5 Å². The largest absolute Gasteiger partial charge is 0.505 e. The number of amides is 1. The number of nitrogens with one attached hydrogen (secondary N) is 1. The van der Waals surface area contributed by atoms with Crippen molar-refractivity contribution in [2.75, 3.05) is 11.9 Å². The second-order valence-corrected chi connectivity index (χ2v) is 8.39. The normalized spacial score (nSPS) is 11.2. The monoisotopic (exact) mass is 513 g/mol. The van der Waals surface area contributed by atoms with E-state index in [4.69, 9.17) is 39.5 Å². The molecule has 0 aliphatic rings. The smallest absolute Gasteiger partial charge is 0.259 e. The van der Waals surface area contributed by atoms with E-state index in [9.17, 15) is 9.90 Å². The Morgan fingerprint density at radius 1 is 0.941 bits per heavy atom. The highest BCUT2D eigenvalue weighted by Crippen LogP contribution is 2.41. The molecule has 4 aromatic carbocycles. The summed E-state index contributed by atoms with van der Waals surface area (Å²) in [7, 11) is 0. The van der Waals surface area contributed by atoms with Crippen molar-refractivity contribution in [1.82, 2.24) is 0 Å². The number of anilines is 1. The number of fused-ring (bicyclic) bond motifs is 1. The van der Waals surface area contributed by atoms with Crippen LogP contribution in [0.3, 0.4) is 0 Å². The molecule has 34 heavy (non-hydrogen) atoms. The van der Waals surface area contributed by atoms with Gasteiger partial charge in [-0.05, 0) is 54.8 Å². The van der Waals surface area contributed by atoms with E-state index in [0.29, 0.717) is 28.8 Å². The van der Waals surface area contributed by atoms with Crippen LogP contribution >= 0.6 is 34.8 Å². The van der Waals surface area contributed by atoms with E-state index in [2.05, 4.69) is 15.5 Å². The number of carbonyl (C=O) groups excluding carboxylic acids is 1. The minimum atomic E-state index is -0.503. The molecule has 0 aliphatic heterocycles. The number of azo groups is 1. The molecule has 6 nitrogen and oxygen atoms in total. The van der Waals surface area contributed by atoms with Gasteiger partial charge >= 0.3 is 0 Å². The van der Waals surface area contributed by atoms with Crippen molar-refractivity contribution in [3.8, 4) is 11.5 Å². The molecule has 2 N–H and O–H groups in total. The van der Waals surface area contributed by atoms with Crippen molar-refractivity contribution in [2.24, 2.45) is 10.2 Å². The lowest BCUT2D eigenvalue weighted by molar-refractivity contribution is 0.102. The Kier molecular flexibility index (Phi) is 7.22. The maximum atomic E-state index is 13.0. The number of benzene rings is 4.